The van der Waals surface area contributed by atoms with Crippen LogP contribution in [0.3, 0.4) is 0 Å². The number of rotatable bonds is 4. The summed E-state index contributed by atoms with van der Waals surface area (Å²) >= 11 is 0. The molecule has 8 heteroatoms. The molecule has 0 unspecified atom stereocenters. The molecule has 0 bridgehead atoms. The van der Waals surface area contributed by atoms with Crippen LogP contribution in [0.5, 0.6) is 5.75 Å². The van der Waals surface area contributed by atoms with Crippen molar-refractivity contribution in [3.8, 4) is 5.75 Å². The van der Waals surface area contributed by atoms with Crippen LogP contribution in [0, 0.1) is 11.6 Å². The molecule has 0 saturated carbocycles. The summed E-state index contributed by atoms with van der Waals surface area (Å²) in [7, 11) is -2.91. The fourth-order valence-corrected chi connectivity index (χ4v) is 1.31. The first-order chi connectivity index (χ1) is 7.33. The normalized spacial score (nSPS) is 11.5. The summed E-state index contributed by atoms with van der Waals surface area (Å²) in [6.07, 6.45) is 0. The van der Waals surface area contributed by atoms with Crippen LogP contribution in [-0.2, 0) is 21.1 Å². The maximum absolute atomic E-state index is 12.8. The van der Waals surface area contributed by atoms with E-state index in [0.717, 1.165) is 12.1 Å². The Bertz CT molecular complexity index is 489. The predicted octanol–water partition coefficient (Wildman–Crippen LogP) is 0.693. The first kappa shape index (κ1) is 12.8. The molecule has 0 spiro atoms. The maximum Gasteiger partial charge on any atom is 0.333 e. The Morgan fingerprint density at radius 3 is 2.38 bits per heavy atom. The SMILES string of the molecule is COc1cc(F)c(F)cc1COS(N)(=O)=O. The van der Waals surface area contributed by atoms with Crippen LogP contribution in [0.4, 0.5) is 8.78 Å². The zero-order valence-electron chi connectivity index (χ0n) is 8.24. The molecule has 0 aliphatic carbocycles. The van der Waals surface area contributed by atoms with E-state index in [-0.39, 0.29) is 11.3 Å². The molecule has 0 aliphatic rings. The van der Waals surface area contributed by atoms with Crippen molar-refractivity contribution >= 4 is 10.3 Å². The molecule has 16 heavy (non-hydrogen) atoms. The lowest BCUT2D eigenvalue weighted by Gasteiger charge is -2.08. The van der Waals surface area contributed by atoms with Gasteiger partial charge in [-0.15, -0.1) is 0 Å². The van der Waals surface area contributed by atoms with E-state index in [9.17, 15) is 17.2 Å². The molecule has 5 nitrogen and oxygen atoms in total. The fourth-order valence-electron chi connectivity index (χ4n) is 1.02. The molecular formula is C8H9F2NO4S. The summed E-state index contributed by atoms with van der Waals surface area (Å²) in [4.78, 5) is 0. The van der Waals surface area contributed by atoms with Crippen molar-refractivity contribution in [1.82, 2.24) is 0 Å². The maximum atomic E-state index is 12.8. The monoisotopic (exact) mass is 253 g/mol. The van der Waals surface area contributed by atoms with E-state index in [2.05, 4.69) is 9.32 Å². The minimum Gasteiger partial charge on any atom is -0.496 e. The van der Waals surface area contributed by atoms with Gasteiger partial charge in [0.05, 0.1) is 13.7 Å². The number of benzene rings is 1. The standard InChI is InChI=1S/C8H9F2NO4S/c1-14-8-3-7(10)6(9)2-5(8)4-15-16(11,12)13/h2-3H,4H2,1H3,(H2,11,12,13). The average Bonchev–Trinajstić information content (AvgIpc) is 2.18. The van der Waals surface area contributed by atoms with Crippen molar-refractivity contribution in [2.24, 2.45) is 5.14 Å². The van der Waals surface area contributed by atoms with Gasteiger partial charge >= 0.3 is 10.3 Å². The summed E-state index contributed by atoms with van der Waals surface area (Å²) in [6.45, 7) is -0.529. The highest BCUT2D eigenvalue weighted by atomic mass is 32.2. The number of nitrogens with two attached hydrogens (primary N) is 1. The first-order valence-corrected chi connectivity index (χ1v) is 5.49. The summed E-state index contributed by atoms with van der Waals surface area (Å²) in [5.74, 6) is -2.26. The van der Waals surface area contributed by atoms with Gasteiger partial charge in [0.25, 0.3) is 0 Å². The Balaban J connectivity index is 2.99. The molecule has 0 aliphatic heterocycles. The number of halogens is 2. The highest BCUT2D eigenvalue weighted by molar-refractivity contribution is 7.84. The summed E-state index contributed by atoms with van der Waals surface area (Å²) in [6, 6.07) is 1.57. The number of hydrogen-bond acceptors (Lipinski definition) is 4. The number of hydrogen-bond donors (Lipinski definition) is 1. The molecular weight excluding hydrogens is 244 g/mol. The van der Waals surface area contributed by atoms with Crippen LogP contribution in [0.2, 0.25) is 0 Å². The van der Waals surface area contributed by atoms with Gasteiger partial charge in [0.1, 0.15) is 5.75 Å². The molecule has 0 fully saturated rings. The second-order valence-corrected chi connectivity index (χ2v) is 4.05. The van der Waals surface area contributed by atoms with Gasteiger partial charge in [0, 0.05) is 11.6 Å². The number of methoxy groups -OCH3 is 1. The van der Waals surface area contributed by atoms with Crippen LogP contribution in [-0.4, -0.2) is 15.5 Å². The van der Waals surface area contributed by atoms with Crippen LogP contribution in [0.25, 0.3) is 0 Å². The van der Waals surface area contributed by atoms with Crippen molar-refractivity contribution in [2.75, 3.05) is 7.11 Å². The Morgan fingerprint density at radius 1 is 1.31 bits per heavy atom. The van der Waals surface area contributed by atoms with Crippen LogP contribution < -0.4 is 9.88 Å². The van der Waals surface area contributed by atoms with Gasteiger partial charge in [0.2, 0.25) is 0 Å². The van der Waals surface area contributed by atoms with Crippen LogP contribution >= 0.6 is 0 Å². The first-order valence-electron chi connectivity index (χ1n) is 4.02. The van der Waals surface area contributed by atoms with E-state index in [1.807, 2.05) is 0 Å². The van der Waals surface area contributed by atoms with Crippen molar-refractivity contribution in [3.05, 3.63) is 29.3 Å². The molecule has 1 rings (SSSR count). The zero-order chi connectivity index (χ0) is 12.3. The fraction of sp³-hybridized carbons (Fsp3) is 0.250. The van der Waals surface area contributed by atoms with Gasteiger partial charge in [-0.3, -0.25) is 4.18 Å². The van der Waals surface area contributed by atoms with Gasteiger partial charge in [-0.25, -0.2) is 13.9 Å². The third kappa shape index (κ3) is 3.40. The smallest absolute Gasteiger partial charge is 0.333 e. The van der Waals surface area contributed by atoms with Gasteiger partial charge in [-0.2, -0.15) is 8.42 Å². The molecule has 2 N–H and O–H groups in total. The predicted molar refractivity (Wildman–Crippen MR) is 50.8 cm³/mol. The third-order valence-corrected chi connectivity index (χ3v) is 2.15. The Morgan fingerprint density at radius 2 is 1.88 bits per heavy atom. The Hall–Kier alpha value is -1.25. The molecule has 1 aromatic rings. The lowest BCUT2D eigenvalue weighted by molar-refractivity contribution is 0.298. The molecule has 0 amide bonds. The number of ether oxygens (including phenoxy) is 1. The van der Waals surface area contributed by atoms with Crippen molar-refractivity contribution < 1.29 is 26.1 Å². The minimum absolute atomic E-state index is 0.0254. The largest absolute Gasteiger partial charge is 0.496 e. The Kier molecular flexibility index (Phi) is 3.79. The second kappa shape index (κ2) is 4.73. The quantitative estimate of drug-likeness (QED) is 0.856. The van der Waals surface area contributed by atoms with Gasteiger partial charge in [-0.1, -0.05) is 0 Å². The van der Waals surface area contributed by atoms with Crippen molar-refractivity contribution in [3.63, 3.8) is 0 Å². The highest BCUT2D eigenvalue weighted by Gasteiger charge is 2.12. The second-order valence-electron chi connectivity index (χ2n) is 2.83. The van der Waals surface area contributed by atoms with E-state index in [1.165, 1.54) is 7.11 Å². The minimum atomic E-state index is -4.14. The molecule has 90 valence electrons. The van der Waals surface area contributed by atoms with E-state index < -0.39 is 28.5 Å². The topological polar surface area (TPSA) is 78.6 Å². The van der Waals surface area contributed by atoms with E-state index in [0.29, 0.717) is 0 Å². The molecule has 0 aromatic heterocycles. The van der Waals surface area contributed by atoms with Crippen molar-refractivity contribution in [2.45, 2.75) is 6.61 Å². The zero-order valence-corrected chi connectivity index (χ0v) is 9.05. The molecule has 0 atom stereocenters. The Labute approximate surface area is 91.0 Å². The molecule has 1 aromatic carbocycles. The highest BCUT2D eigenvalue weighted by Crippen LogP contribution is 2.23. The average molecular weight is 253 g/mol. The molecule has 0 heterocycles. The summed E-state index contributed by atoms with van der Waals surface area (Å²) in [5.41, 5.74) is 0.0374. The van der Waals surface area contributed by atoms with Crippen molar-refractivity contribution in [1.29, 1.82) is 0 Å². The lowest BCUT2D eigenvalue weighted by atomic mass is 10.2. The third-order valence-electron chi connectivity index (χ3n) is 1.70. The van der Waals surface area contributed by atoms with Gasteiger partial charge in [0.15, 0.2) is 11.6 Å². The summed E-state index contributed by atoms with van der Waals surface area (Å²) in [5, 5.41) is 4.58. The van der Waals surface area contributed by atoms with E-state index >= 15 is 0 Å². The van der Waals surface area contributed by atoms with Gasteiger partial charge < -0.3 is 4.74 Å². The molecule has 0 saturated heterocycles. The van der Waals surface area contributed by atoms with Crippen LogP contribution in [0.15, 0.2) is 12.1 Å². The van der Waals surface area contributed by atoms with E-state index in [1.54, 1.807) is 0 Å². The van der Waals surface area contributed by atoms with Gasteiger partial charge in [-0.05, 0) is 6.07 Å². The molecule has 0 radical (unpaired) electrons. The van der Waals surface area contributed by atoms with Crippen LogP contribution in [0.1, 0.15) is 5.56 Å². The lowest BCUT2D eigenvalue weighted by Crippen LogP contribution is -2.15. The summed E-state index contributed by atoms with van der Waals surface area (Å²) < 4.78 is 55.6. The van der Waals surface area contributed by atoms with E-state index in [4.69, 9.17) is 4.74 Å².